The van der Waals surface area contributed by atoms with Crippen molar-refractivity contribution in [1.82, 2.24) is 0 Å². The third-order valence-corrected chi connectivity index (χ3v) is 6.20. The highest BCUT2D eigenvalue weighted by molar-refractivity contribution is 7.90. The summed E-state index contributed by atoms with van der Waals surface area (Å²) in [6.07, 6.45) is -8.98. The van der Waals surface area contributed by atoms with Crippen molar-refractivity contribution in [2.75, 3.05) is 0 Å². The van der Waals surface area contributed by atoms with Gasteiger partial charge in [0.25, 0.3) is 5.60 Å². The molecule has 1 unspecified atom stereocenters. The lowest BCUT2D eigenvalue weighted by atomic mass is 9.92. The van der Waals surface area contributed by atoms with Gasteiger partial charge in [-0.2, -0.15) is 26.3 Å². The number of hydrogen-bond acceptors (Lipinski definition) is 2. The largest absolute Gasteiger partial charge is 0.611 e. The first-order valence-corrected chi connectivity index (χ1v) is 9.71. The Morgan fingerprint density at radius 3 is 2.00 bits per heavy atom. The number of benzene rings is 2. The number of alkyl halides is 6. The lowest BCUT2D eigenvalue weighted by Crippen LogP contribution is -2.53. The van der Waals surface area contributed by atoms with E-state index in [-0.39, 0.29) is 5.75 Å². The minimum Gasteiger partial charge on any atom is -0.611 e. The van der Waals surface area contributed by atoms with Crippen molar-refractivity contribution in [3.8, 4) is 0 Å². The van der Waals surface area contributed by atoms with Gasteiger partial charge in [-0.15, -0.1) is 0 Å². The Kier molecular flexibility index (Phi) is 5.46. The Labute approximate surface area is 160 Å². The van der Waals surface area contributed by atoms with E-state index in [9.17, 15) is 36.0 Å². The highest BCUT2D eigenvalue weighted by atomic mass is 32.2. The van der Waals surface area contributed by atoms with E-state index in [1.54, 1.807) is 6.07 Å². The molecular weight excluding hydrogens is 406 g/mol. The van der Waals surface area contributed by atoms with E-state index in [0.717, 1.165) is 37.0 Å². The van der Waals surface area contributed by atoms with Crippen LogP contribution in [0.25, 0.3) is 0 Å². The van der Waals surface area contributed by atoms with Crippen LogP contribution in [0.2, 0.25) is 0 Å². The van der Waals surface area contributed by atoms with Crippen LogP contribution in [-0.4, -0.2) is 22.0 Å². The van der Waals surface area contributed by atoms with E-state index in [0.29, 0.717) is 22.6 Å². The van der Waals surface area contributed by atoms with Crippen LogP contribution in [0, 0.1) is 0 Å². The molecular formula is C19H16F6O2S. The van der Waals surface area contributed by atoms with Gasteiger partial charge < -0.3 is 9.66 Å². The fourth-order valence-electron chi connectivity index (χ4n) is 3.25. The molecule has 0 spiro atoms. The van der Waals surface area contributed by atoms with Gasteiger partial charge in [0.05, 0.1) is 0 Å². The van der Waals surface area contributed by atoms with Crippen LogP contribution in [0.4, 0.5) is 26.3 Å². The molecule has 1 aliphatic carbocycles. The van der Waals surface area contributed by atoms with Crippen molar-refractivity contribution in [1.29, 1.82) is 0 Å². The fourth-order valence-corrected chi connectivity index (χ4v) is 4.41. The number of aryl methyl sites for hydroxylation is 2. The average Bonchev–Trinajstić information content (AvgIpc) is 3.07. The Hall–Kier alpha value is -1.71. The highest BCUT2D eigenvalue weighted by Gasteiger charge is 2.71. The summed E-state index contributed by atoms with van der Waals surface area (Å²) in [6.45, 7) is 0. The van der Waals surface area contributed by atoms with Crippen LogP contribution in [0.15, 0.2) is 47.4 Å². The van der Waals surface area contributed by atoms with Crippen LogP contribution in [0.5, 0.6) is 0 Å². The molecule has 0 amide bonds. The molecule has 2 aromatic rings. The van der Waals surface area contributed by atoms with Crippen LogP contribution in [0.1, 0.15) is 28.7 Å². The first-order valence-electron chi connectivity index (χ1n) is 8.39. The summed E-state index contributed by atoms with van der Waals surface area (Å²) in [5.74, 6) is -0.0600. The number of aliphatic hydroxyl groups is 1. The van der Waals surface area contributed by atoms with Crippen LogP contribution in [0.3, 0.4) is 0 Å². The highest BCUT2D eigenvalue weighted by Crippen LogP contribution is 2.50. The first kappa shape index (κ1) is 21.0. The Morgan fingerprint density at radius 2 is 1.43 bits per heavy atom. The molecule has 0 bridgehead atoms. The molecule has 0 radical (unpaired) electrons. The molecule has 0 aromatic heterocycles. The predicted molar refractivity (Wildman–Crippen MR) is 91.0 cm³/mol. The van der Waals surface area contributed by atoms with Gasteiger partial charge in [0, 0.05) is 11.1 Å². The quantitative estimate of drug-likeness (QED) is 0.569. The molecule has 1 aliphatic rings. The molecule has 2 aromatic carbocycles. The minimum absolute atomic E-state index is 0.0600. The number of rotatable bonds is 4. The summed E-state index contributed by atoms with van der Waals surface area (Å²) >= 11 is -1.50. The normalized spacial score (nSPS) is 16.1. The third-order valence-electron chi connectivity index (χ3n) is 4.82. The number of hydrogen-bond donors (Lipinski definition) is 1. The second-order valence-corrected chi connectivity index (χ2v) is 8.13. The molecule has 0 aliphatic heterocycles. The van der Waals surface area contributed by atoms with E-state index in [4.69, 9.17) is 0 Å². The third kappa shape index (κ3) is 3.75. The fraction of sp³-hybridized carbons (Fsp3) is 0.368. The summed E-state index contributed by atoms with van der Waals surface area (Å²) in [7, 11) is 0. The Balaban J connectivity index is 1.80. The zero-order chi connectivity index (χ0) is 20.7. The van der Waals surface area contributed by atoms with Gasteiger partial charge in [0.2, 0.25) is 0 Å². The number of fused-ring (bicyclic) bond motifs is 1. The molecule has 0 heterocycles. The SMILES string of the molecule is [O-][S+](Cc1ccc(C(O)(C(F)(F)F)C(F)(F)F)cc1)c1ccc2c(c1)CCC2. The molecule has 0 saturated carbocycles. The van der Waals surface area contributed by atoms with Gasteiger partial charge in [0.1, 0.15) is 5.75 Å². The number of halogens is 6. The molecule has 1 atom stereocenters. The first-order chi connectivity index (χ1) is 12.9. The molecule has 152 valence electrons. The second-order valence-electron chi connectivity index (χ2n) is 6.68. The van der Waals surface area contributed by atoms with Crippen molar-refractivity contribution >= 4 is 11.2 Å². The smallest absolute Gasteiger partial charge is 0.430 e. The van der Waals surface area contributed by atoms with Crippen molar-refractivity contribution < 1.29 is 36.0 Å². The lowest BCUT2D eigenvalue weighted by molar-refractivity contribution is -0.376. The van der Waals surface area contributed by atoms with Gasteiger partial charge in [0.15, 0.2) is 4.90 Å². The molecule has 0 fully saturated rings. The van der Waals surface area contributed by atoms with E-state index >= 15 is 0 Å². The van der Waals surface area contributed by atoms with Crippen molar-refractivity contribution in [2.45, 2.75) is 47.9 Å². The maximum absolute atomic E-state index is 12.9. The molecule has 3 rings (SSSR count). The topological polar surface area (TPSA) is 43.3 Å². The van der Waals surface area contributed by atoms with Crippen LogP contribution in [-0.2, 0) is 35.4 Å². The summed E-state index contributed by atoms with van der Waals surface area (Å²) in [5.41, 5.74) is -3.68. The lowest BCUT2D eigenvalue weighted by Gasteiger charge is -2.32. The maximum Gasteiger partial charge on any atom is 0.430 e. The van der Waals surface area contributed by atoms with Gasteiger partial charge in [-0.05, 0) is 53.7 Å². The summed E-state index contributed by atoms with van der Waals surface area (Å²) in [5, 5.41) is 9.39. The van der Waals surface area contributed by atoms with Crippen molar-refractivity contribution in [3.63, 3.8) is 0 Å². The average molecular weight is 422 g/mol. The minimum atomic E-state index is -5.93. The van der Waals surface area contributed by atoms with Gasteiger partial charge in [-0.3, -0.25) is 0 Å². The van der Waals surface area contributed by atoms with Gasteiger partial charge in [-0.25, -0.2) is 0 Å². The van der Waals surface area contributed by atoms with Crippen LogP contribution < -0.4 is 0 Å². The zero-order valence-corrected chi connectivity index (χ0v) is 15.2. The Morgan fingerprint density at radius 1 is 0.857 bits per heavy atom. The van der Waals surface area contributed by atoms with Crippen molar-refractivity contribution in [2.24, 2.45) is 0 Å². The summed E-state index contributed by atoms with van der Waals surface area (Å²) < 4.78 is 90.0. The summed E-state index contributed by atoms with van der Waals surface area (Å²) in [6, 6.07) is 8.61. The van der Waals surface area contributed by atoms with E-state index in [1.165, 1.54) is 5.56 Å². The standard InChI is InChI=1S/C19H16F6O2S/c20-18(21,22)17(26,19(23,24)25)15-7-4-12(5-8-15)11-28(27)16-9-6-13-2-1-3-14(13)10-16/h4-10,26H,1-3,11H2. The monoisotopic (exact) mass is 422 g/mol. The molecule has 2 nitrogen and oxygen atoms in total. The van der Waals surface area contributed by atoms with Crippen molar-refractivity contribution in [3.05, 3.63) is 64.7 Å². The summed E-state index contributed by atoms with van der Waals surface area (Å²) in [4.78, 5) is 0.562. The second kappa shape index (κ2) is 7.27. The van der Waals surface area contributed by atoms with Crippen LogP contribution >= 0.6 is 0 Å². The van der Waals surface area contributed by atoms with Gasteiger partial charge >= 0.3 is 12.4 Å². The zero-order valence-electron chi connectivity index (χ0n) is 14.4. The molecule has 1 N–H and O–H groups in total. The van der Waals surface area contributed by atoms with E-state index < -0.39 is 34.7 Å². The maximum atomic E-state index is 12.9. The van der Waals surface area contributed by atoms with Gasteiger partial charge in [-0.1, -0.05) is 30.3 Å². The predicted octanol–water partition coefficient (Wildman–Crippen LogP) is 4.80. The van der Waals surface area contributed by atoms with E-state index in [1.807, 2.05) is 12.1 Å². The van der Waals surface area contributed by atoms with E-state index in [2.05, 4.69) is 0 Å². The Bertz CT molecular complexity index is 831. The molecule has 9 heteroatoms. The molecule has 0 saturated heterocycles. The molecule has 28 heavy (non-hydrogen) atoms.